The maximum atomic E-state index is 11.7. The van der Waals surface area contributed by atoms with Crippen molar-refractivity contribution in [1.82, 2.24) is 19.8 Å². The van der Waals surface area contributed by atoms with Crippen LogP contribution in [0.4, 0.5) is 5.82 Å². The van der Waals surface area contributed by atoms with Crippen LogP contribution in [0.15, 0.2) is 12.4 Å². The van der Waals surface area contributed by atoms with Crippen LogP contribution in [0.25, 0.3) is 0 Å². The Bertz CT molecular complexity index is 460. The van der Waals surface area contributed by atoms with Crippen molar-refractivity contribution in [3.05, 3.63) is 18.1 Å². The summed E-state index contributed by atoms with van der Waals surface area (Å²) in [7, 11) is 1.61. The number of hydrogen-bond acceptors (Lipinski definition) is 6. The largest absolute Gasteiger partial charge is 0.335 e. The molecule has 2 rings (SSSR count). The number of rotatable bonds is 3. The SMILES string of the molecule is CN1CC(=O)N(Cc2cnc(NN)cn2)CC1=O. The normalized spacial score (nSPS) is 16.1. The Balaban J connectivity index is 2.04. The quantitative estimate of drug-likeness (QED) is 0.503. The first kappa shape index (κ1) is 12.2. The molecule has 1 aliphatic rings. The fourth-order valence-corrected chi connectivity index (χ4v) is 1.61. The van der Waals surface area contributed by atoms with Gasteiger partial charge in [0.05, 0.1) is 31.2 Å². The van der Waals surface area contributed by atoms with Crippen LogP contribution in [0.5, 0.6) is 0 Å². The zero-order chi connectivity index (χ0) is 13.1. The Labute approximate surface area is 104 Å². The first-order valence-corrected chi connectivity index (χ1v) is 5.39. The fraction of sp³-hybridized carbons (Fsp3) is 0.400. The standard InChI is InChI=1S/C10H14N6O2/c1-15-5-10(18)16(6-9(15)17)4-7-2-13-8(14-11)3-12-7/h2-3H,4-6,11H2,1H3,(H,13,14). The predicted molar refractivity (Wildman–Crippen MR) is 62.9 cm³/mol. The van der Waals surface area contributed by atoms with Gasteiger partial charge in [-0.15, -0.1) is 0 Å². The van der Waals surface area contributed by atoms with Crippen LogP contribution in [0, 0.1) is 0 Å². The molecule has 0 aromatic carbocycles. The van der Waals surface area contributed by atoms with Gasteiger partial charge in [-0.05, 0) is 0 Å². The van der Waals surface area contributed by atoms with E-state index in [0.717, 1.165) is 0 Å². The second-order valence-electron chi connectivity index (χ2n) is 4.04. The van der Waals surface area contributed by atoms with E-state index in [1.807, 2.05) is 0 Å². The molecule has 2 amide bonds. The zero-order valence-corrected chi connectivity index (χ0v) is 9.96. The van der Waals surface area contributed by atoms with Crippen LogP contribution in [0.3, 0.4) is 0 Å². The topological polar surface area (TPSA) is 104 Å². The molecule has 1 saturated heterocycles. The number of nitrogen functional groups attached to an aromatic ring is 1. The fourth-order valence-electron chi connectivity index (χ4n) is 1.61. The van der Waals surface area contributed by atoms with E-state index in [9.17, 15) is 9.59 Å². The maximum Gasteiger partial charge on any atom is 0.243 e. The number of carbonyl (C=O) groups excluding carboxylic acids is 2. The summed E-state index contributed by atoms with van der Waals surface area (Å²) in [4.78, 5) is 34.2. The Hall–Kier alpha value is -2.22. The van der Waals surface area contributed by atoms with Gasteiger partial charge >= 0.3 is 0 Å². The second kappa shape index (κ2) is 4.96. The third-order valence-corrected chi connectivity index (χ3v) is 2.68. The van der Waals surface area contributed by atoms with Crippen LogP contribution in [-0.2, 0) is 16.1 Å². The number of piperazine rings is 1. The summed E-state index contributed by atoms with van der Waals surface area (Å²) in [6.45, 7) is 0.457. The average Bonchev–Trinajstić information content (AvgIpc) is 2.37. The van der Waals surface area contributed by atoms with Crippen LogP contribution >= 0.6 is 0 Å². The van der Waals surface area contributed by atoms with Crippen molar-refractivity contribution in [3.63, 3.8) is 0 Å². The molecule has 8 heteroatoms. The van der Waals surface area contributed by atoms with Crippen molar-refractivity contribution < 1.29 is 9.59 Å². The molecule has 18 heavy (non-hydrogen) atoms. The molecule has 0 aliphatic carbocycles. The number of likely N-dealkylation sites (N-methyl/N-ethyl adjacent to an activating group) is 1. The number of hydrogen-bond donors (Lipinski definition) is 2. The molecule has 1 aromatic heterocycles. The van der Waals surface area contributed by atoms with Crippen molar-refractivity contribution in [3.8, 4) is 0 Å². The zero-order valence-electron chi connectivity index (χ0n) is 9.96. The van der Waals surface area contributed by atoms with Gasteiger partial charge in [0.15, 0.2) is 5.82 Å². The molecule has 0 saturated carbocycles. The number of nitrogens with one attached hydrogen (secondary N) is 1. The van der Waals surface area contributed by atoms with E-state index in [1.54, 1.807) is 7.05 Å². The summed E-state index contributed by atoms with van der Waals surface area (Å²) < 4.78 is 0. The Morgan fingerprint density at radius 3 is 2.67 bits per heavy atom. The van der Waals surface area contributed by atoms with Gasteiger partial charge in [-0.1, -0.05) is 0 Å². The number of hydrazine groups is 1. The van der Waals surface area contributed by atoms with Gasteiger partial charge in [-0.2, -0.15) is 0 Å². The minimum absolute atomic E-state index is 0.0773. The molecule has 8 nitrogen and oxygen atoms in total. The highest BCUT2D eigenvalue weighted by molar-refractivity contribution is 5.92. The molecular formula is C10H14N6O2. The molecule has 0 radical (unpaired) electrons. The molecule has 3 N–H and O–H groups in total. The summed E-state index contributed by atoms with van der Waals surface area (Å²) in [5, 5.41) is 0. The van der Waals surface area contributed by atoms with Gasteiger partial charge in [0.2, 0.25) is 11.8 Å². The lowest BCUT2D eigenvalue weighted by Gasteiger charge is -2.31. The van der Waals surface area contributed by atoms with Gasteiger partial charge in [0.25, 0.3) is 0 Å². The molecule has 0 unspecified atom stereocenters. The number of amides is 2. The Morgan fingerprint density at radius 1 is 1.28 bits per heavy atom. The smallest absolute Gasteiger partial charge is 0.243 e. The summed E-state index contributed by atoms with van der Waals surface area (Å²) in [6, 6.07) is 0. The van der Waals surface area contributed by atoms with Crippen molar-refractivity contribution >= 4 is 17.6 Å². The first-order valence-electron chi connectivity index (χ1n) is 5.39. The maximum absolute atomic E-state index is 11.7. The molecule has 0 bridgehead atoms. The molecule has 96 valence electrons. The molecule has 1 fully saturated rings. The number of anilines is 1. The molecule has 1 aliphatic heterocycles. The lowest BCUT2D eigenvalue weighted by Crippen LogP contribution is -2.51. The van der Waals surface area contributed by atoms with Crippen molar-refractivity contribution in [1.29, 1.82) is 0 Å². The van der Waals surface area contributed by atoms with E-state index in [2.05, 4.69) is 15.4 Å². The van der Waals surface area contributed by atoms with E-state index >= 15 is 0 Å². The number of nitrogens with two attached hydrogens (primary N) is 1. The number of nitrogens with zero attached hydrogens (tertiary/aromatic N) is 4. The highest BCUT2D eigenvalue weighted by Crippen LogP contribution is 2.08. The molecule has 0 atom stereocenters. The van der Waals surface area contributed by atoms with Crippen LogP contribution < -0.4 is 11.3 Å². The second-order valence-corrected chi connectivity index (χ2v) is 4.04. The van der Waals surface area contributed by atoms with E-state index in [0.29, 0.717) is 11.5 Å². The highest BCUT2D eigenvalue weighted by Gasteiger charge is 2.27. The van der Waals surface area contributed by atoms with E-state index in [4.69, 9.17) is 5.84 Å². The third kappa shape index (κ3) is 2.54. The lowest BCUT2D eigenvalue weighted by molar-refractivity contribution is -0.149. The van der Waals surface area contributed by atoms with Gasteiger partial charge in [0, 0.05) is 7.05 Å². The van der Waals surface area contributed by atoms with E-state index in [1.165, 1.54) is 22.2 Å². The van der Waals surface area contributed by atoms with Crippen LogP contribution in [0.1, 0.15) is 5.69 Å². The third-order valence-electron chi connectivity index (χ3n) is 2.68. The minimum atomic E-state index is -0.0973. The van der Waals surface area contributed by atoms with Crippen LogP contribution in [-0.4, -0.2) is 51.7 Å². The number of carbonyl (C=O) groups is 2. The average molecular weight is 250 g/mol. The van der Waals surface area contributed by atoms with Crippen molar-refractivity contribution in [2.75, 3.05) is 25.6 Å². The predicted octanol–water partition coefficient (Wildman–Crippen LogP) is -1.44. The van der Waals surface area contributed by atoms with Gasteiger partial charge in [-0.3, -0.25) is 14.6 Å². The summed E-state index contributed by atoms with van der Waals surface area (Å²) in [5.74, 6) is 5.44. The molecule has 1 aromatic rings. The van der Waals surface area contributed by atoms with Gasteiger partial charge < -0.3 is 15.2 Å². The summed E-state index contributed by atoms with van der Waals surface area (Å²) >= 11 is 0. The van der Waals surface area contributed by atoms with Crippen molar-refractivity contribution in [2.45, 2.75) is 6.54 Å². The summed E-state index contributed by atoms with van der Waals surface area (Å²) in [6.07, 6.45) is 2.99. The Kier molecular flexibility index (Phi) is 3.38. The first-order chi connectivity index (χ1) is 8.60. The summed E-state index contributed by atoms with van der Waals surface area (Å²) in [5.41, 5.74) is 2.98. The monoisotopic (exact) mass is 250 g/mol. The lowest BCUT2D eigenvalue weighted by atomic mass is 10.3. The van der Waals surface area contributed by atoms with E-state index < -0.39 is 0 Å². The molecule has 0 spiro atoms. The van der Waals surface area contributed by atoms with Crippen LogP contribution in [0.2, 0.25) is 0 Å². The van der Waals surface area contributed by atoms with Crippen molar-refractivity contribution in [2.24, 2.45) is 5.84 Å². The highest BCUT2D eigenvalue weighted by atomic mass is 16.2. The molecule has 2 heterocycles. The van der Waals surface area contributed by atoms with Gasteiger partial charge in [0.1, 0.15) is 6.54 Å². The molecular weight excluding hydrogens is 236 g/mol. The Morgan fingerprint density at radius 2 is 2.06 bits per heavy atom. The van der Waals surface area contributed by atoms with E-state index in [-0.39, 0.29) is 31.4 Å². The van der Waals surface area contributed by atoms with Gasteiger partial charge in [-0.25, -0.2) is 10.8 Å². The minimum Gasteiger partial charge on any atom is -0.335 e. The number of aromatic nitrogens is 2.